The number of aliphatic hydroxyl groups excluding tert-OH is 1. The van der Waals surface area contributed by atoms with E-state index >= 15 is 0 Å². The lowest BCUT2D eigenvalue weighted by atomic mass is 10.1. The summed E-state index contributed by atoms with van der Waals surface area (Å²) in [7, 11) is 0. The van der Waals surface area contributed by atoms with Crippen molar-refractivity contribution in [3.8, 4) is 0 Å². The van der Waals surface area contributed by atoms with Crippen molar-refractivity contribution in [1.29, 1.82) is 0 Å². The standard InChI is InChI=1S/C14H21NO/c1-11-4-2-7-14(11)15-9-12-5-3-6-13(8-12)10-16/h3,5-6,8,11,14-16H,2,4,7,9-10H2,1H3. The Hall–Kier alpha value is -0.860. The Kier molecular flexibility index (Phi) is 3.97. The number of benzene rings is 1. The van der Waals surface area contributed by atoms with Gasteiger partial charge in [-0.1, -0.05) is 37.6 Å². The van der Waals surface area contributed by atoms with Crippen molar-refractivity contribution in [2.45, 2.75) is 45.4 Å². The van der Waals surface area contributed by atoms with Crippen molar-refractivity contribution in [3.63, 3.8) is 0 Å². The van der Waals surface area contributed by atoms with Crippen molar-refractivity contribution >= 4 is 0 Å². The Morgan fingerprint density at radius 2 is 2.12 bits per heavy atom. The quantitative estimate of drug-likeness (QED) is 0.815. The molecule has 2 rings (SSSR count). The fourth-order valence-electron chi connectivity index (χ4n) is 2.54. The Balaban J connectivity index is 1.88. The summed E-state index contributed by atoms with van der Waals surface area (Å²) in [5, 5.41) is 12.7. The van der Waals surface area contributed by atoms with E-state index in [9.17, 15) is 0 Å². The largest absolute Gasteiger partial charge is 0.392 e. The van der Waals surface area contributed by atoms with Gasteiger partial charge >= 0.3 is 0 Å². The monoisotopic (exact) mass is 219 g/mol. The molecule has 0 bridgehead atoms. The normalized spacial score (nSPS) is 24.9. The molecular weight excluding hydrogens is 198 g/mol. The third-order valence-electron chi connectivity index (χ3n) is 3.60. The molecule has 0 radical (unpaired) electrons. The highest BCUT2D eigenvalue weighted by Crippen LogP contribution is 2.25. The van der Waals surface area contributed by atoms with E-state index in [1.165, 1.54) is 24.8 Å². The molecule has 88 valence electrons. The zero-order valence-electron chi connectivity index (χ0n) is 9.95. The van der Waals surface area contributed by atoms with Crippen LogP contribution in [0.4, 0.5) is 0 Å². The number of hydrogen-bond donors (Lipinski definition) is 2. The second-order valence-corrected chi connectivity index (χ2v) is 4.87. The van der Waals surface area contributed by atoms with Crippen LogP contribution in [0.15, 0.2) is 24.3 Å². The first-order valence-electron chi connectivity index (χ1n) is 6.21. The van der Waals surface area contributed by atoms with E-state index < -0.39 is 0 Å². The molecule has 0 amide bonds. The smallest absolute Gasteiger partial charge is 0.0681 e. The minimum Gasteiger partial charge on any atom is -0.392 e. The van der Waals surface area contributed by atoms with Gasteiger partial charge in [-0.05, 0) is 29.9 Å². The summed E-state index contributed by atoms with van der Waals surface area (Å²) in [5.41, 5.74) is 2.27. The number of nitrogens with one attached hydrogen (secondary N) is 1. The van der Waals surface area contributed by atoms with Gasteiger partial charge in [0.1, 0.15) is 0 Å². The maximum absolute atomic E-state index is 9.06. The zero-order chi connectivity index (χ0) is 11.4. The van der Waals surface area contributed by atoms with E-state index in [-0.39, 0.29) is 6.61 Å². The van der Waals surface area contributed by atoms with E-state index in [0.29, 0.717) is 6.04 Å². The van der Waals surface area contributed by atoms with Gasteiger partial charge in [0, 0.05) is 12.6 Å². The summed E-state index contributed by atoms with van der Waals surface area (Å²) >= 11 is 0. The lowest BCUT2D eigenvalue weighted by molar-refractivity contribution is 0.281. The molecule has 1 fully saturated rings. The van der Waals surface area contributed by atoms with Crippen molar-refractivity contribution in [2.24, 2.45) is 5.92 Å². The summed E-state index contributed by atoms with van der Waals surface area (Å²) in [5.74, 6) is 0.807. The van der Waals surface area contributed by atoms with Crippen LogP contribution in [-0.2, 0) is 13.2 Å². The van der Waals surface area contributed by atoms with Crippen molar-refractivity contribution in [3.05, 3.63) is 35.4 Å². The van der Waals surface area contributed by atoms with E-state index in [1.807, 2.05) is 12.1 Å². The van der Waals surface area contributed by atoms with Crippen LogP contribution in [-0.4, -0.2) is 11.1 Å². The van der Waals surface area contributed by atoms with Crippen LogP contribution in [0.5, 0.6) is 0 Å². The van der Waals surface area contributed by atoms with Gasteiger partial charge in [0.25, 0.3) is 0 Å². The average Bonchev–Trinajstić information content (AvgIpc) is 2.72. The van der Waals surface area contributed by atoms with Crippen molar-refractivity contribution < 1.29 is 5.11 Å². The van der Waals surface area contributed by atoms with Gasteiger partial charge in [-0.2, -0.15) is 0 Å². The zero-order valence-corrected chi connectivity index (χ0v) is 9.95. The maximum atomic E-state index is 9.06. The van der Waals surface area contributed by atoms with Gasteiger partial charge < -0.3 is 10.4 Å². The molecule has 1 saturated carbocycles. The van der Waals surface area contributed by atoms with Gasteiger partial charge in [-0.3, -0.25) is 0 Å². The van der Waals surface area contributed by atoms with Gasteiger partial charge in [-0.15, -0.1) is 0 Å². The summed E-state index contributed by atoms with van der Waals surface area (Å²) in [4.78, 5) is 0. The molecule has 0 saturated heterocycles. The third-order valence-corrected chi connectivity index (χ3v) is 3.60. The number of aliphatic hydroxyl groups is 1. The summed E-state index contributed by atoms with van der Waals surface area (Å²) < 4.78 is 0. The van der Waals surface area contributed by atoms with Crippen molar-refractivity contribution in [1.82, 2.24) is 5.32 Å². The van der Waals surface area contributed by atoms with Crippen LogP contribution < -0.4 is 5.32 Å². The van der Waals surface area contributed by atoms with Crippen LogP contribution in [0.25, 0.3) is 0 Å². The highest BCUT2D eigenvalue weighted by atomic mass is 16.3. The molecule has 0 aliphatic heterocycles. The summed E-state index contributed by atoms with van der Waals surface area (Å²) in [6.07, 6.45) is 4.02. The molecule has 1 aromatic rings. The van der Waals surface area contributed by atoms with Gasteiger partial charge in [-0.25, -0.2) is 0 Å². The molecule has 2 N–H and O–H groups in total. The number of hydrogen-bond acceptors (Lipinski definition) is 2. The molecule has 16 heavy (non-hydrogen) atoms. The Bertz CT molecular complexity index is 337. The molecular formula is C14H21NO. The lowest BCUT2D eigenvalue weighted by Gasteiger charge is -2.17. The Labute approximate surface area is 97.7 Å². The Morgan fingerprint density at radius 3 is 2.81 bits per heavy atom. The molecule has 0 spiro atoms. The van der Waals surface area contributed by atoms with Gasteiger partial charge in [0.05, 0.1) is 6.61 Å². The Morgan fingerprint density at radius 1 is 1.31 bits per heavy atom. The highest BCUT2D eigenvalue weighted by molar-refractivity contribution is 5.22. The number of rotatable bonds is 4. The average molecular weight is 219 g/mol. The fourth-order valence-corrected chi connectivity index (χ4v) is 2.54. The summed E-state index contributed by atoms with van der Waals surface area (Å²) in [6.45, 7) is 3.38. The topological polar surface area (TPSA) is 32.3 Å². The summed E-state index contributed by atoms with van der Waals surface area (Å²) in [6, 6.07) is 8.85. The molecule has 2 atom stereocenters. The molecule has 0 aromatic heterocycles. The maximum Gasteiger partial charge on any atom is 0.0681 e. The van der Waals surface area contributed by atoms with Crippen LogP contribution in [0.1, 0.15) is 37.3 Å². The molecule has 1 aromatic carbocycles. The molecule has 1 aliphatic rings. The van der Waals surface area contributed by atoms with Crippen LogP contribution in [0.3, 0.4) is 0 Å². The molecule has 0 heterocycles. The van der Waals surface area contributed by atoms with E-state index in [0.717, 1.165) is 18.0 Å². The predicted octanol–water partition coefficient (Wildman–Crippen LogP) is 2.46. The molecule has 2 unspecified atom stereocenters. The van der Waals surface area contributed by atoms with E-state index in [1.54, 1.807) is 0 Å². The minimum absolute atomic E-state index is 0.133. The molecule has 1 aliphatic carbocycles. The first-order valence-corrected chi connectivity index (χ1v) is 6.21. The van der Waals surface area contributed by atoms with E-state index in [2.05, 4.69) is 24.4 Å². The molecule has 2 heteroatoms. The third kappa shape index (κ3) is 2.83. The first kappa shape index (κ1) is 11.6. The minimum atomic E-state index is 0.133. The van der Waals surface area contributed by atoms with Crippen LogP contribution in [0.2, 0.25) is 0 Å². The van der Waals surface area contributed by atoms with Crippen molar-refractivity contribution in [2.75, 3.05) is 0 Å². The van der Waals surface area contributed by atoms with Crippen LogP contribution >= 0.6 is 0 Å². The molecule has 2 nitrogen and oxygen atoms in total. The predicted molar refractivity (Wildman–Crippen MR) is 66.0 cm³/mol. The fraction of sp³-hybridized carbons (Fsp3) is 0.571. The second-order valence-electron chi connectivity index (χ2n) is 4.87. The second kappa shape index (κ2) is 5.46. The van der Waals surface area contributed by atoms with Crippen LogP contribution in [0, 0.1) is 5.92 Å². The SMILES string of the molecule is CC1CCCC1NCc1cccc(CO)c1. The first-order chi connectivity index (χ1) is 7.79. The highest BCUT2D eigenvalue weighted by Gasteiger charge is 2.22. The van der Waals surface area contributed by atoms with Gasteiger partial charge in [0.2, 0.25) is 0 Å². The van der Waals surface area contributed by atoms with Gasteiger partial charge in [0.15, 0.2) is 0 Å². The lowest BCUT2D eigenvalue weighted by Crippen LogP contribution is -2.30. The van der Waals surface area contributed by atoms with E-state index in [4.69, 9.17) is 5.11 Å².